The highest BCUT2D eigenvalue weighted by Crippen LogP contribution is 2.15. The molecule has 3 nitrogen and oxygen atoms in total. The standard InChI is InChI=1S/C17H11NO2/c18-11-13-7-5-12(6-8-13)9-15-10-14-3-1-2-4-16(14)20-17(15)19/h1-8,10H,9H2. The topological polar surface area (TPSA) is 54.0 Å². The van der Waals surface area contributed by atoms with Crippen LogP contribution in [0, 0.1) is 11.3 Å². The molecule has 0 atom stereocenters. The molecule has 2 aromatic carbocycles. The van der Waals surface area contributed by atoms with Gasteiger partial charge in [-0.15, -0.1) is 0 Å². The summed E-state index contributed by atoms with van der Waals surface area (Å²) in [6, 6.07) is 18.6. The Morgan fingerprint density at radius 1 is 1.05 bits per heavy atom. The second kappa shape index (κ2) is 5.02. The van der Waals surface area contributed by atoms with Gasteiger partial charge in [-0.1, -0.05) is 30.3 Å². The second-order valence-electron chi connectivity index (χ2n) is 4.58. The molecule has 0 unspecified atom stereocenters. The zero-order valence-corrected chi connectivity index (χ0v) is 10.7. The van der Waals surface area contributed by atoms with Gasteiger partial charge in [-0.25, -0.2) is 4.79 Å². The van der Waals surface area contributed by atoms with Crippen LogP contribution in [0.1, 0.15) is 16.7 Å². The Bertz CT molecular complexity index is 855. The molecule has 3 rings (SSSR count). The van der Waals surface area contributed by atoms with Crippen molar-refractivity contribution in [2.75, 3.05) is 0 Å². The first-order chi connectivity index (χ1) is 9.76. The van der Waals surface area contributed by atoms with E-state index in [9.17, 15) is 4.79 Å². The molecule has 20 heavy (non-hydrogen) atoms. The Balaban J connectivity index is 1.99. The highest BCUT2D eigenvalue weighted by Gasteiger charge is 2.06. The highest BCUT2D eigenvalue weighted by atomic mass is 16.4. The van der Waals surface area contributed by atoms with Crippen molar-refractivity contribution >= 4 is 11.0 Å². The van der Waals surface area contributed by atoms with E-state index >= 15 is 0 Å². The van der Waals surface area contributed by atoms with Crippen LogP contribution in [0.5, 0.6) is 0 Å². The van der Waals surface area contributed by atoms with Crippen LogP contribution in [-0.2, 0) is 6.42 Å². The Morgan fingerprint density at radius 3 is 2.55 bits per heavy atom. The van der Waals surface area contributed by atoms with E-state index in [0.29, 0.717) is 23.1 Å². The summed E-state index contributed by atoms with van der Waals surface area (Å²) in [5.41, 5.74) is 2.49. The number of nitrogens with zero attached hydrogens (tertiary/aromatic N) is 1. The van der Waals surface area contributed by atoms with Crippen molar-refractivity contribution < 1.29 is 4.42 Å². The quantitative estimate of drug-likeness (QED) is 0.665. The van der Waals surface area contributed by atoms with Crippen molar-refractivity contribution in [2.24, 2.45) is 0 Å². The average Bonchev–Trinajstić information content (AvgIpc) is 2.49. The Morgan fingerprint density at radius 2 is 1.80 bits per heavy atom. The minimum atomic E-state index is -0.312. The predicted octanol–water partition coefficient (Wildman–Crippen LogP) is 3.26. The normalized spacial score (nSPS) is 10.3. The maximum atomic E-state index is 11.9. The van der Waals surface area contributed by atoms with Crippen LogP contribution in [0.15, 0.2) is 63.8 Å². The van der Waals surface area contributed by atoms with Crippen molar-refractivity contribution in [3.63, 3.8) is 0 Å². The zero-order chi connectivity index (χ0) is 13.9. The Hall–Kier alpha value is -2.86. The van der Waals surface area contributed by atoms with Gasteiger partial charge >= 0.3 is 5.63 Å². The first-order valence-electron chi connectivity index (χ1n) is 6.27. The van der Waals surface area contributed by atoms with Crippen LogP contribution in [0.2, 0.25) is 0 Å². The molecular formula is C17H11NO2. The van der Waals surface area contributed by atoms with Gasteiger partial charge in [-0.2, -0.15) is 5.26 Å². The van der Waals surface area contributed by atoms with E-state index in [1.54, 1.807) is 18.2 Å². The molecule has 0 amide bonds. The van der Waals surface area contributed by atoms with Crippen molar-refractivity contribution in [3.8, 4) is 6.07 Å². The van der Waals surface area contributed by atoms with E-state index in [1.807, 2.05) is 36.4 Å². The van der Waals surface area contributed by atoms with Crippen molar-refractivity contribution in [1.29, 1.82) is 5.26 Å². The summed E-state index contributed by atoms with van der Waals surface area (Å²) in [6.07, 6.45) is 0.499. The van der Waals surface area contributed by atoms with Gasteiger partial charge in [0.05, 0.1) is 11.6 Å². The summed E-state index contributed by atoms with van der Waals surface area (Å²) in [7, 11) is 0. The third-order valence-corrected chi connectivity index (χ3v) is 3.19. The molecule has 0 fully saturated rings. The first-order valence-corrected chi connectivity index (χ1v) is 6.27. The lowest BCUT2D eigenvalue weighted by atomic mass is 10.0. The van der Waals surface area contributed by atoms with Crippen LogP contribution < -0.4 is 5.63 Å². The SMILES string of the molecule is N#Cc1ccc(Cc2cc3ccccc3oc2=O)cc1. The molecule has 0 spiro atoms. The van der Waals surface area contributed by atoms with E-state index < -0.39 is 0 Å². The van der Waals surface area contributed by atoms with Gasteiger partial charge in [-0.3, -0.25) is 0 Å². The summed E-state index contributed by atoms with van der Waals surface area (Å²) in [4.78, 5) is 11.9. The van der Waals surface area contributed by atoms with E-state index in [1.165, 1.54) is 0 Å². The first kappa shape index (κ1) is 12.2. The van der Waals surface area contributed by atoms with Crippen LogP contribution >= 0.6 is 0 Å². The fourth-order valence-corrected chi connectivity index (χ4v) is 2.15. The lowest BCUT2D eigenvalue weighted by Gasteiger charge is -2.02. The number of hydrogen-bond acceptors (Lipinski definition) is 3. The molecule has 0 radical (unpaired) electrons. The fourth-order valence-electron chi connectivity index (χ4n) is 2.15. The maximum Gasteiger partial charge on any atom is 0.339 e. The van der Waals surface area contributed by atoms with E-state index in [-0.39, 0.29) is 5.63 Å². The van der Waals surface area contributed by atoms with Gasteiger partial charge in [0.25, 0.3) is 0 Å². The van der Waals surface area contributed by atoms with Crippen molar-refractivity contribution in [2.45, 2.75) is 6.42 Å². The molecule has 3 heteroatoms. The molecule has 0 saturated heterocycles. The molecule has 0 N–H and O–H groups in total. The third-order valence-electron chi connectivity index (χ3n) is 3.19. The van der Waals surface area contributed by atoms with Crippen molar-refractivity contribution in [1.82, 2.24) is 0 Å². The summed E-state index contributed by atoms with van der Waals surface area (Å²) < 4.78 is 5.30. The predicted molar refractivity (Wildman–Crippen MR) is 76.4 cm³/mol. The fraction of sp³-hybridized carbons (Fsp3) is 0.0588. The highest BCUT2D eigenvalue weighted by molar-refractivity contribution is 5.76. The maximum absolute atomic E-state index is 11.9. The molecular weight excluding hydrogens is 250 g/mol. The van der Waals surface area contributed by atoms with E-state index in [0.717, 1.165) is 10.9 Å². The third kappa shape index (κ3) is 2.32. The number of benzene rings is 2. The molecule has 0 aliphatic rings. The summed E-state index contributed by atoms with van der Waals surface area (Å²) >= 11 is 0. The van der Waals surface area contributed by atoms with Crippen LogP contribution in [0.25, 0.3) is 11.0 Å². The zero-order valence-electron chi connectivity index (χ0n) is 10.7. The van der Waals surface area contributed by atoms with Gasteiger partial charge < -0.3 is 4.42 Å². The number of hydrogen-bond donors (Lipinski definition) is 0. The van der Waals surface area contributed by atoms with Crippen LogP contribution in [0.3, 0.4) is 0 Å². The summed E-state index contributed by atoms with van der Waals surface area (Å²) in [5, 5.41) is 9.68. The molecule has 0 aliphatic heterocycles. The average molecular weight is 261 g/mol. The molecule has 0 bridgehead atoms. The summed E-state index contributed by atoms with van der Waals surface area (Å²) in [5.74, 6) is 0. The largest absolute Gasteiger partial charge is 0.423 e. The Kier molecular flexibility index (Phi) is 3.06. The minimum absolute atomic E-state index is 0.312. The molecule has 1 heterocycles. The van der Waals surface area contributed by atoms with Gasteiger partial charge in [0.1, 0.15) is 5.58 Å². The van der Waals surface area contributed by atoms with Gasteiger partial charge in [0, 0.05) is 17.4 Å². The molecule has 96 valence electrons. The van der Waals surface area contributed by atoms with Crippen LogP contribution in [0.4, 0.5) is 0 Å². The van der Waals surface area contributed by atoms with Gasteiger partial charge in [0.2, 0.25) is 0 Å². The molecule has 3 aromatic rings. The van der Waals surface area contributed by atoms with Crippen molar-refractivity contribution in [3.05, 3.63) is 81.7 Å². The molecule has 0 aliphatic carbocycles. The monoisotopic (exact) mass is 261 g/mol. The second-order valence-corrected chi connectivity index (χ2v) is 4.58. The molecule has 0 saturated carbocycles. The van der Waals surface area contributed by atoms with Crippen LogP contribution in [-0.4, -0.2) is 0 Å². The molecule has 1 aromatic heterocycles. The smallest absolute Gasteiger partial charge is 0.339 e. The number of para-hydroxylation sites is 1. The van der Waals surface area contributed by atoms with Gasteiger partial charge in [0.15, 0.2) is 0 Å². The minimum Gasteiger partial charge on any atom is -0.423 e. The van der Waals surface area contributed by atoms with Gasteiger partial charge in [-0.05, 0) is 29.8 Å². The number of nitriles is 1. The van der Waals surface area contributed by atoms with E-state index in [2.05, 4.69) is 6.07 Å². The lowest BCUT2D eigenvalue weighted by molar-refractivity contribution is 0.552. The van der Waals surface area contributed by atoms with E-state index in [4.69, 9.17) is 9.68 Å². The summed E-state index contributed by atoms with van der Waals surface area (Å²) in [6.45, 7) is 0. The number of rotatable bonds is 2. The number of fused-ring (bicyclic) bond motifs is 1. The Labute approximate surface area is 115 Å². The lowest BCUT2D eigenvalue weighted by Crippen LogP contribution is -2.07.